The summed E-state index contributed by atoms with van der Waals surface area (Å²) in [5.74, 6) is -0.767. The molecule has 0 heterocycles. The van der Waals surface area contributed by atoms with Gasteiger partial charge in [0.2, 0.25) is 0 Å². The second-order valence-electron chi connectivity index (χ2n) is 4.55. The fraction of sp³-hybridized carbons (Fsp3) is 0.188. The van der Waals surface area contributed by atoms with Crippen LogP contribution in [0.3, 0.4) is 0 Å². The second-order valence-corrected chi connectivity index (χ2v) is 5.47. The zero-order chi connectivity index (χ0) is 15.2. The minimum absolute atomic E-state index is 0.242. The molecule has 2 rings (SSSR count). The van der Waals surface area contributed by atoms with Crippen LogP contribution in [0.25, 0.3) is 0 Å². The summed E-state index contributed by atoms with van der Waals surface area (Å²) in [6.07, 6.45) is 0.848. The highest BCUT2D eigenvalue weighted by Crippen LogP contribution is 2.22. The van der Waals surface area contributed by atoms with Crippen molar-refractivity contribution in [1.82, 2.24) is 0 Å². The van der Waals surface area contributed by atoms with Gasteiger partial charge in [-0.2, -0.15) is 0 Å². The summed E-state index contributed by atoms with van der Waals surface area (Å²) in [6, 6.07) is 11.7. The van der Waals surface area contributed by atoms with E-state index in [4.69, 9.17) is 0 Å². The molecule has 2 aromatic rings. The van der Waals surface area contributed by atoms with Crippen molar-refractivity contribution in [3.05, 3.63) is 58.3 Å². The maximum Gasteiger partial charge on any atom is 0.257 e. The lowest BCUT2D eigenvalue weighted by atomic mass is 10.1. The Hall–Kier alpha value is -1.88. The van der Waals surface area contributed by atoms with Crippen molar-refractivity contribution in [3.63, 3.8) is 0 Å². The lowest BCUT2D eigenvalue weighted by Crippen LogP contribution is -2.16. The average molecular weight is 351 g/mol. The van der Waals surface area contributed by atoms with Crippen molar-refractivity contribution in [3.8, 4) is 0 Å². The molecule has 0 spiro atoms. The topological polar surface area (TPSA) is 41.1 Å². The summed E-state index contributed by atoms with van der Waals surface area (Å²) in [5.41, 5.74) is 1.19. The van der Waals surface area contributed by atoms with Crippen molar-refractivity contribution in [2.75, 3.05) is 17.2 Å². The number of hydrogen-bond acceptors (Lipinski definition) is 2. The van der Waals surface area contributed by atoms with Crippen LogP contribution in [0.4, 0.5) is 15.8 Å². The minimum atomic E-state index is -0.426. The highest BCUT2D eigenvalue weighted by atomic mass is 79.9. The van der Waals surface area contributed by atoms with E-state index in [9.17, 15) is 9.18 Å². The Labute approximate surface area is 131 Å². The van der Waals surface area contributed by atoms with Gasteiger partial charge >= 0.3 is 0 Å². The minimum Gasteiger partial charge on any atom is -0.382 e. The summed E-state index contributed by atoms with van der Waals surface area (Å²) >= 11 is 3.34. The van der Waals surface area contributed by atoms with Crippen molar-refractivity contribution in [2.24, 2.45) is 0 Å². The van der Waals surface area contributed by atoms with Crippen LogP contribution in [0.5, 0.6) is 0 Å². The average Bonchev–Trinajstić information content (AvgIpc) is 2.45. The number of hydrogen-bond donors (Lipinski definition) is 2. The number of benzene rings is 2. The normalized spacial score (nSPS) is 10.2. The van der Waals surface area contributed by atoms with Crippen LogP contribution in [0.15, 0.2) is 46.9 Å². The Morgan fingerprint density at radius 2 is 2.00 bits per heavy atom. The van der Waals surface area contributed by atoms with Gasteiger partial charge < -0.3 is 10.6 Å². The molecule has 0 fully saturated rings. The van der Waals surface area contributed by atoms with E-state index in [1.54, 1.807) is 18.2 Å². The number of halogens is 2. The van der Waals surface area contributed by atoms with Crippen molar-refractivity contribution in [2.45, 2.75) is 13.3 Å². The maximum absolute atomic E-state index is 13.9. The number of amides is 1. The van der Waals surface area contributed by atoms with E-state index in [-0.39, 0.29) is 11.6 Å². The van der Waals surface area contributed by atoms with Gasteiger partial charge in [0.05, 0.1) is 11.3 Å². The monoisotopic (exact) mass is 350 g/mol. The molecule has 3 nitrogen and oxygen atoms in total. The first-order valence-electron chi connectivity index (χ1n) is 6.71. The van der Waals surface area contributed by atoms with Crippen LogP contribution in [0.1, 0.15) is 23.7 Å². The number of anilines is 2. The third kappa shape index (κ3) is 4.04. The molecule has 0 atom stereocenters. The Morgan fingerprint density at radius 3 is 2.71 bits per heavy atom. The summed E-state index contributed by atoms with van der Waals surface area (Å²) in [5, 5.41) is 5.73. The van der Waals surface area contributed by atoms with Gasteiger partial charge in [0.25, 0.3) is 5.91 Å². The summed E-state index contributed by atoms with van der Waals surface area (Å²) < 4.78 is 14.8. The fourth-order valence-electron chi connectivity index (χ4n) is 1.91. The maximum atomic E-state index is 13.9. The van der Waals surface area contributed by atoms with Gasteiger partial charge in [0.15, 0.2) is 0 Å². The van der Waals surface area contributed by atoms with Gasteiger partial charge in [-0.05, 0) is 36.8 Å². The van der Waals surface area contributed by atoms with E-state index >= 15 is 0 Å². The van der Waals surface area contributed by atoms with Gasteiger partial charge in [-0.3, -0.25) is 4.79 Å². The van der Waals surface area contributed by atoms with Crippen molar-refractivity contribution >= 4 is 33.2 Å². The predicted molar refractivity (Wildman–Crippen MR) is 87.3 cm³/mol. The summed E-state index contributed by atoms with van der Waals surface area (Å²) in [7, 11) is 0. The van der Waals surface area contributed by atoms with Crippen LogP contribution >= 0.6 is 15.9 Å². The lowest BCUT2D eigenvalue weighted by Gasteiger charge is -2.12. The van der Waals surface area contributed by atoms with Gasteiger partial charge in [-0.15, -0.1) is 0 Å². The molecule has 0 aromatic heterocycles. The largest absolute Gasteiger partial charge is 0.382 e. The smallest absolute Gasteiger partial charge is 0.257 e. The van der Waals surface area contributed by atoms with E-state index in [2.05, 4.69) is 26.6 Å². The number of rotatable bonds is 5. The van der Waals surface area contributed by atoms with E-state index in [1.807, 2.05) is 19.1 Å². The van der Waals surface area contributed by atoms with E-state index in [1.165, 1.54) is 12.1 Å². The van der Waals surface area contributed by atoms with Crippen molar-refractivity contribution < 1.29 is 9.18 Å². The molecule has 0 saturated heterocycles. The Balaban J connectivity index is 2.24. The number of carbonyl (C=O) groups excluding carboxylic acids is 1. The molecule has 0 aliphatic rings. The first-order chi connectivity index (χ1) is 10.1. The molecule has 0 aliphatic carbocycles. The third-order valence-corrected chi connectivity index (χ3v) is 3.39. The molecule has 0 radical (unpaired) electrons. The van der Waals surface area contributed by atoms with E-state index in [0.717, 1.165) is 10.9 Å². The number of carbonyl (C=O) groups is 1. The molecule has 21 heavy (non-hydrogen) atoms. The Bertz CT molecular complexity index is 646. The Morgan fingerprint density at radius 1 is 1.24 bits per heavy atom. The molecule has 1 amide bonds. The molecular formula is C16H16BrFN2O. The molecule has 0 aliphatic heterocycles. The molecule has 0 saturated carbocycles. The number of nitrogens with one attached hydrogen (secondary N) is 2. The highest BCUT2D eigenvalue weighted by Gasteiger charge is 2.15. The van der Waals surface area contributed by atoms with Crippen LogP contribution in [-0.2, 0) is 0 Å². The Kier molecular flexibility index (Phi) is 5.33. The van der Waals surface area contributed by atoms with Gasteiger partial charge in [0, 0.05) is 16.7 Å². The van der Waals surface area contributed by atoms with Crippen molar-refractivity contribution in [1.29, 1.82) is 0 Å². The van der Waals surface area contributed by atoms with Crippen LogP contribution in [0.2, 0.25) is 0 Å². The standard InChI is InChI=1S/C16H16BrFN2O/c1-2-9-19-15-13(7-4-8-14(15)18)16(21)20-12-6-3-5-11(17)10-12/h3-8,10,19H,2,9H2,1H3,(H,20,21). The zero-order valence-electron chi connectivity index (χ0n) is 11.6. The predicted octanol–water partition coefficient (Wildman–Crippen LogP) is 4.66. The quantitative estimate of drug-likeness (QED) is 0.823. The third-order valence-electron chi connectivity index (χ3n) is 2.89. The van der Waals surface area contributed by atoms with Gasteiger partial charge in [-0.1, -0.05) is 35.0 Å². The van der Waals surface area contributed by atoms with Gasteiger partial charge in [0.1, 0.15) is 5.82 Å². The van der Waals surface area contributed by atoms with Gasteiger partial charge in [-0.25, -0.2) is 4.39 Å². The van der Waals surface area contributed by atoms with Crippen LogP contribution in [-0.4, -0.2) is 12.5 Å². The molecular weight excluding hydrogens is 335 g/mol. The first kappa shape index (κ1) is 15.5. The molecule has 5 heteroatoms. The fourth-order valence-corrected chi connectivity index (χ4v) is 2.31. The van der Waals surface area contributed by atoms with E-state index < -0.39 is 5.82 Å². The zero-order valence-corrected chi connectivity index (χ0v) is 13.2. The van der Waals surface area contributed by atoms with Crippen LogP contribution in [0, 0.1) is 5.82 Å². The lowest BCUT2D eigenvalue weighted by molar-refractivity contribution is 0.102. The summed E-state index contributed by atoms with van der Waals surface area (Å²) in [4.78, 5) is 12.3. The second kappa shape index (κ2) is 7.22. The highest BCUT2D eigenvalue weighted by molar-refractivity contribution is 9.10. The molecule has 2 aromatic carbocycles. The van der Waals surface area contributed by atoms with E-state index in [0.29, 0.717) is 17.8 Å². The molecule has 110 valence electrons. The SMILES string of the molecule is CCCNc1c(F)cccc1C(=O)Nc1cccc(Br)c1. The molecule has 0 bridgehead atoms. The van der Waals surface area contributed by atoms with Crippen LogP contribution < -0.4 is 10.6 Å². The summed E-state index contributed by atoms with van der Waals surface area (Å²) in [6.45, 7) is 2.59. The molecule has 2 N–H and O–H groups in total. The first-order valence-corrected chi connectivity index (χ1v) is 7.50. The number of para-hydroxylation sites is 1. The molecule has 0 unspecified atom stereocenters.